The van der Waals surface area contributed by atoms with Gasteiger partial charge in [-0.3, -0.25) is 4.79 Å². The first-order valence-electron chi connectivity index (χ1n) is 6.52. The van der Waals surface area contributed by atoms with Crippen molar-refractivity contribution in [3.63, 3.8) is 0 Å². The van der Waals surface area contributed by atoms with Crippen molar-refractivity contribution in [3.8, 4) is 5.82 Å². The second-order valence-corrected chi connectivity index (χ2v) is 7.36. The summed E-state index contributed by atoms with van der Waals surface area (Å²) < 4.78 is 29.2. The summed E-state index contributed by atoms with van der Waals surface area (Å²) in [6.45, 7) is 0.153. The molecule has 0 fully saturated rings. The van der Waals surface area contributed by atoms with Crippen molar-refractivity contribution < 1.29 is 8.42 Å². The highest BCUT2D eigenvalue weighted by molar-refractivity contribution is 7.91. The Kier molecular flexibility index (Phi) is 4.32. The van der Waals surface area contributed by atoms with Gasteiger partial charge in [0.2, 0.25) is 10.0 Å². The monoisotopic (exact) mass is 352 g/mol. The van der Waals surface area contributed by atoms with Crippen molar-refractivity contribution in [2.45, 2.75) is 10.8 Å². The van der Waals surface area contributed by atoms with E-state index in [0.717, 1.165) is 11.3 Å². The van der Waals surface area contributed by atoms with Crippen molar-refractivity contribution in [1.82, 2.24) is 29.3 Å². The molecular weight excluding hydrogens is 340 g/mol. The fourth-order valence-corrected chi connectivity index (χ4v) is 3.88. The smallest absolute Gasteiger partial charge is 0.266 e. The Morgan fingerprint density at radius 3 is 2.83 bits per heavy atom. The van der Waals surface area contributed by atoms with Gasteiger partial charge in [0.15, 0.2) is 5.82 Å². The number of rotatable bonds is 6. The van der Waals surface area contributed by atoms with Crippen LogP contribution in [0.2, 0.25) is 0 Å². The van der Waals surface area contributed by atoms with Crippen molar-refractivity contribution in [2.75, 3.05) is 6.54 Å². The summed E-state index contributed by atoms with van der Waals surface area (Å²) in [5.74, 6) is 0.420. The van der Waals surface area contributed by atoms with Crippen molar-refractivity contribution in [2.24, 2.45) is 0 Å². The minimum Gasteiger partial charge on any atom is -0.268 e. The molecule has 1 N–H and O–H groups in total. The maximum Gasteiger partial charge on any atom is 0.266 e. The number of hydrogen-bond acceptors (Lipinski definition) is 7. The van der Waals surface area contributed by atoms with Gasteiger partial charge >= 0.3 is 0 Å². The summed E-state index contributed by atoms with van der Waals surface area (Å²) in [7, 11) is -3.56. The number of thiophene rings is 1. The maximum atomic E-state index is 12.0. The Morgan fingerprint density at radius 1 is 1.26 bits per heavy atom. The molecule has 0 bridgehead atoms. The second kappa shape index (κ2) is 6.40. The molecule has 9 nitrogen and oxygen atoms in total. The molecule has 0 aliphatic rings. The third-order valence-electron chi connectivity index (χ3n) is 2.88. The van der Waals surface area contributed by atoms with Crippen LogP contribution in [0.1, 0.15) is 0 Å². The minimum atomic E-state index is -3.56. The van der Waals surface area contributed by atoms with E-state index in [1.165, 1.54) is 40.2 Å². The molecule has 0 unspecified atom stereocenters. The molecule has 0 aliphatic carbocycles. The number of aromatic nitrogens is 5. The average Bonchev–Trinajstić information content (AvgIpc) is 3.23. The first-order chi connectivity index (χ1) is 11.1. The molecule has 11 heteroatoms. The Balaban J connectivity index is 1.71. The molecule has 120 valence electrons. The van der Waals surface area contributed by atoms with E-state index in [-0.39, 0.29) is 22.9 Å². The van der Waals surface area contributed by atoms with E-state index >= 15 is 0 Å². The lowest BCUT2D eigenvalue weighted by Crippen LogP contribution is -2.32. The Morgan fingerprint density at radius 2 is 2.13 bits per heavy atom. The van der Waals surface area contributed by atoms with E-state index in [4.69, 9.17) is 0 Å². The molecule has 0 saturated carbocycles. The van der Waals surface area contributed by atoms with Gasteiger partial charge in [0.1, 0.15) is 16.9 Å². The van der Waals surface area contributed by atoms with Gasteiger partial charge in [-0.05, 0) is 17.5 Å². The van der Waals surface area contributed by atoms with Crippen LogP contribution in [0, 0.1) is 0 Å². The molecule has 3 heterocycles. The van der Waals surface area contributed by atoms with Gasteiger partial charge in [0.05, 0.1) is 6.54 Å². The van der Waals surface area contributed by atoms with Gasteiger partial charge in [-0.1, -0.05) is 6.07 Å². The van der Waals surface area contributed by atoms with Gasteiger partial charge in [0, 0.05) is 12.6 Å². The highest BCUT2D eigenvalue weighted by Crippen LogP contribution is 2.14. The topological polar surface area (TPSA) is 112 Å². The molecule has 0 saturated heterocycles. The molecule has 0 atom stereocenters. The van der Waals surface area contributed by atoms with Crippen LogP contribution in [0.5, 0.6) is 0 Å². The first kappa shape index (κ1) is 15.5. The Bertz CT molecular complexity index is 932. The third kappa shape index (κ3) is 3.52. The van der Waals surface area contributed by atoms with E-state index in [1.807, 2.05) is 0 Å². The number of sulfonamides is 1. The van der Waals surface area contributed by atoms with E-state index in [9.17, 15) is 13.2 Å². The van der Waals surface area contributed by atoms with Gasteiger partial charge in [0.25, 0.3) is 5.56 Å². The van der Waals surface area contributed by atoms with Gasteiger partial charge < -0.3 is 0 Å². The Labute approximate surface area is 135 Å². The lowest BCUT2D eigenvalue weighted by Gasteiger charge is -2.08. The summed E-state index contributed by atoms with van der Waals surface area (Å²) in [6.07, 6.45) is 2.81. The predicted octanol–water partition coefficient (Wildman–Crippen LogP) is -0.136. The molecule has 0 radical (unpaired) electrons. The molecule has 0 aliphatic heterocycles. The fraction of sp³-hybridized carbons (Fsp3) is 0.167. The van der Waals surface area contributed by atoms with Gasteiger partial charge in [-0.2, -0.15) is 5.10 Å². The number of nitrogens with zero attached hydrogens (tertiary/aromatic N) is 5. The van der Waals surface area contributed by atoms with Crippen LogP contribution in [-0.2, 0) is 16.6 Å². The summed E-state index contributed by atoms with van der Waals surface area (Å²) in [6, 6.07) is 6.04. The number of nitrogens with one attached hydrogen (secondary N) is 1. The average molecular weight is 352 g/mol. The van der Waals surface area contributed by atoms with Crippen LogP contribution in [0.3, 0.4) is 0 Å². The largest absolute Gasteiger partial charge is 0.268 e. The van der Waals surface area contributed by atoms with Gasteiger partial charge in [-0.25, -0.2) is 27.5 Å². The second-order valence-electron chi connectivity index (χ2n) is 4.42. The standard InChI is InChI=1S/C12H12N6O3S2/c19-11-4-3-10(18-9-13-8-14-18)16-17(11)6-5-15-23(20,21)12-2-1-7-22-12/h1-4,7-9,15H,5-6H2. The van der Waals surface area contributed by atoms with Crippen LogP contribution in [-0.4, -0.2) is 39.5 Å². The van der Waals surface area contributed by atoms with Crippen LogP contribution >= 0.6 is 11.3 Å². The molecule has 0 spiro atoms. The van der Waals surface area contributed by atoms with E-state index in [0.29, 0.717) is 5.82 Å². The van der Waals surface area contributed by atoms with Crippen LogP contribution < -0.4 is 10.3 Å². The molecular formula is C12H12N6O3S2. The Hall–Kier alpha value is -2.37. The number of hydrogen-bond donors (Lipinski definition) is 1. The quantitative estimate of drug-likeness (QED) is 0.661. The first-order valence-corrected chi connectivity index (χ1v) is 8.89. The van der Waals surface area contributed by atoms with Crippen molar-refractivity contribution >= 4 is 21.4 Å². The SMILES string of the molecule is O=c1ccc(-n2cncn2)nn1CCNS(=O)(=O)c1cccs1. The summed E-state index contributed by atoms with van der Waals surface area (Å²) >= 11 is 1.13. The molecule has 23 heavy (non-hydrogen) atoms. The zero-order chi connectivity index (χ0) is 16.3. The molecule has 3 aromatic rings. The van der Waals surface area contributed by atoms with Crippen LogP contribution in [0.25, 0.3) is 5.82 Å². The molecule has 3 aromatic heterocycles. The highest BCUT2D eigenvalue weighted by atomic mass is 32.2. The lowest BCUT2D eigenvalue weighted by molar-refractivity contribution is 0.543. The van der Waals surface area contributed by atoms with E-state index in [2.05, 4.69) is 19.9 Å². The summed E-state index contributed by atoms with van der Waals surface area (Å²) in [5, 5.41) is 9.74. The maximum absolute atomic E-state index is 12.0. The van der Waals surface area contributed by atoms with E-state index < -0.39 is 10.0 Å². The highest BCUT2D eigenvalue weighted by Gasteiger charge is 2.14. The fourth-order valence-electron chi connectivity index (χ4n) is 1.82. The summed E-state index contributed by atoms with van der Waals surface area (Å²) in [4.78, 5) is 15.6. The lowest BCUT2D eigenvalue weighted by atomic mass is 10.5. The van der Waals surface area contributed by atoms with Crippen molar-refractivity contribution in [1.29, 1.82) is 0 Å². The van der Waals surface area contributed by atoms with Crippen LogP contribution in [0.15, 0.2) is 51.3 Å². The zero-order valence-electron chi connectivity index (χ0n) is 11.7. The van der Waals surface area contributed by atoms with Gasteiger partial charge in [-0.15, -0.1) is 16.4 Å². The molecule has 0 amide bonds. The predicted molar refractivity (Wildman–Crippen MR) is 82.9 cm³/mol. The molecule has 0 aromatic carbocycles. The zero-order valence-corrected chi connectivity index (χ0v) is 13.4. The van der Waals surface area contributed by atoms with E-state index in [1.54, 1.807) is 11.4 Å². The minimum absolute atomic E-state index is 0.0496. The van der Waals surface area contributed by atoms with Crippen molar-refractivity contribution in [3.05, 3.63) is 52.7 Å². The summed E-state index contributed by atoms with van der Waals surface area (Å²) in [5.41, 5.74) is -0.329. The normalized spacial score (nSPS) is 11.7. The molecule has 3 rings (SSSR count). The third-order valence-corrected chi connectivity index (χ3v) is 5.74. The van der Waals surface area contributed by atoms with Crippen LogP contribution in [0.4, 0.5) is 0 Å².